The van der Waals surface area contributed by atoms with Gasteiger partial charge in [0.2, 0.25) is 5.91 Å². The Morgan fingerprint density at radius 3 is 2.06 bits per heavy atom. The van der Waals surface area contributed by atoms with Gasteiger partial charge in [-0.05, 0) is 0 Å². The van der Waals surface area contributed by atoms with Crippen LogP contribution in [0.15, 0.2) is 0 Å². The summed E-state index contributed by atoms with van der Waals surface area (Å²) in [4.78, 5) is 71.8. The number of Topliss-reactive ketones (excluding diaryl/α,β-unsaturated/α-hetero) is 1. The van der Waals surface area contributed by atoms with E-state index in [-0.39, 0.29) is 0 Å². The number of rotatable bonds is 9. The van der Waals surface area contributed by atoms with E-state index in [1.54, 1.807) is 0 Å². The van der Waals surface area contributed by atoms with Gasteiger partial charge in [-0.25, -0.2) is 4.79 Å². The van der Waals surface area contributed by atoms with Crippen molar-refractivity contribution >= 4 is 35.6 Å². The van der Waals surface area contributed by atoms with Crippen molar-refractivity contribution in [1.82, 2.24) is 5.32 Å². The Labute approximate surface area is 184 Å². The third kappa shape index (κ3) is 6.99. The van der Waals surface area contributed by atoms with Gasteiger partial charge in [0.1, 0.15) is 18.8 Å². The number of hydrogen-bond donors (Lipinski definition) is 1. The van der Waals surface area contributed by atoms with Crippen molar-refractivity contribution in [3.8, 4) is 0 Å². The molecule has 5 atom stereocenters. The number of carbonyl (C=O) groups is 6. The number of ether oxygens (including phenoxy) is 6. The molecular weight excluding hydrogens is 434 g/mol. The third-order valence-electron chi connectivity index (χ3n) is 4.35. The van der Waals surface area contributed by atoms with Crippen LogP contribution in [-0.2, 0) is 57.2 Å². The Bertz CT molecular complexity index is 765. The normalized spacial score (nSPS) is 24.5. The van der Waals surface area contributed by atoms with Gasteiger partial charge in [0.15, 0.2) is 18.0 Å². The van der Waals surface area contributed by atoms with Crippen molar-refractivity contribution in [1.29, 1.82) is 0 Å². The molecule has 0 bridgehead atoms. The van der Waals surface area contributed by atoms with Crippen LogP contribution in [0.25, 0.3) is 0 Å². The van der Waals surface area contributed by atoms with Gasteiger partial charge < -0.3 is 33.7 Å². The van der Waals surface area contributed by atoms with Crippen molar-refractivity contribution in [2.45, 2.75) is 64.3 Å². The number of methoxy groups -OCH3 is 2. The zero-order valence-corrected chi connectivity index (χ0v) is 18.6. The van der Waals surface area contributed by atoms with Crippen molar-refractivity contribution in [3.63, 3.8) is 0 Å². The molecule has 0 aromatic carbocycles. The van der Waals surface area contributed by atoms with Gasteiger partial charge in [0, 0.05) is 34.8 Å². The largest absolute Gasteiger partial charge is 0.465 e. The molecule has 1 fully saturated rings. The second-order valence-electron chi connectivity index (χ2n) is 6.88. The molecule has 0 unspecified atom stereocenters. The van der Waals surface area contributed by atoms with Gasteiger partial charge in [-0.2, -0.15) is 0 Å². The third-order valence-corrected chi connectivity index (χ3v) is 4.35. The second kappa shape index (κ2) is 11.5. The molecule has 1 saturated heterocycles. The first-order chi connectivity index (χ1) is 14.9. The van der Waals surface area contributed by atoms with Gasteiger partial charge in [-0.1, -0.05) is 0 Å². The summed E-state index contributed by atoms with van der Waals surface area (Å²) in [5.74, 6) is -7.08. The number of esters is 4. The first kappa shape index (κ1) is 27.0. The zero-order valence-electron chi connectivity index (χ0n) is 18.6. The highest BCUT2D eigenvalue weighted by molar-refractivity contribution is 5.94. The lowest BCUT2D eigenvalue weighted by Gasteiger charge is -2.44. The number of ketones is 1. The lowest BCUT2D eigenvalue weighted by atomic mass is 9.89. The van der Waals surface area contributed by atoms with Crippen LogP contribution < -0.4 is 5.32 Å². The summed E-state index contributed by atoms with van der Waals surface area (Å²) in [6.07, 6.45) is -5.29. The monoisotopic (exact) mass is 461 g/mol. The van der Waals surface area contributed by atoms with Crippen molar-refractivity contribution < 1.29 is 57.2 Å². The molecule has 1 aliphatic rings. The number of carbonyl (C=O) groups excluding carboxylic acids is 6. The Morgan fingerprint density at radius 2 is 1.62 bits per heavy atom. The predicted octanol–water partition coefficient (Wildman–Crippen LogP) is -1.21. The average Bonchev–Trinajstić information content (AvgIpc) is 2.69. The van der Waals surface area contributed by atoms with Gasteiger partial charge >= 0.3 is 23.9 Å². The van der Waals surface area contributed by atoms with Crippen LogP contribution in [0.5, 0.6) is 0 Å². The Balaban J connectivity index is 3.56. The predicted molar refractivity (Wildman–Crippen MR) is 102 cm³/mol. The molecule has 13 heteroatoms. The molecular formula is C19H27NO12. The lowest BCUT2D eigenvalue weighted by Crippen LogP contribution is -2.67. The highest BCUT2D eigenvalue weighted by atomic mass is 16.7. The molecule has 1 rings (SSSR count). The zero-order chi connectivity index (χ0) is 24.6. The maximum Gasteiger partial charge on any atom is 0.367 e. The van der Waals surface area contributed by atoms with Crippen LogP contribution >= 0.6 is 0 Å². The SMILES string of the molecule is COC(=O)[C@]1(OC)CC(=O)[C@@H](NC(C)=O)[C@H]([C@H](OC(C)=O)[C@@H](COC(C)=O)OC(C)=O)O1. The van der Waals surface area contributed by atoms with Crippen molar-refractivity contribution in [2.24, 2.45) is 0 Å². The summed E-state index contributed by atoms with van der Waals surface area (Å²) in [7, 11) is 2.13. The van der Waals surface area contributed by atoms with E-state index >= 15 is 0 Å². The Morgan fingerprint density at radius 1 is 1.03 bits per heavy atom. The molecule has 180 valence electrons. The van der Waals surface area contributed by atoms with E-state index in [0.717, 1.165) is 41.9 Å². The Kier molecular flexibility index (Phi) is 9.72. The van der Waals surface area contributed by atoms with E-state index in [1.165, 1.54) is 0 Å². The first-order valence-corrected chi connectivity index (χ1v) is 9.45. The van der Waals surface area contributed by atoms with E-state index in [9.17, 15) is 28.8 Å². The topological polar surface area (TPSA) is 170 Å². The van der Waals surface area contributed by atoms with Gasteiger partial charge in [0.25, 0.3) is 5.79 Å². The molecule has 0 spiro atoms. The van der Waals surface area contributed by atoms with Crippen LogP contribution in [0.4, 0.5) is 0 Å². The van der Waals surface area contributed by atoms with E-state index < -0.39 is 78.7 Å². The maximum absolute atomic E-state index is 12.9. The van der Waals surface area contributed by atoms with Crippen LogP contribution in [0.2, 0.25) is 0 Å². The fourth-order valence-corrected chi connectivity index (χ4v) is 3.12. The van der Waals surface area contributed by atoms with E-state index in [1.807, 2.05) is 0 Å². The molecule has 0 aromatic heterocycles. The summed E-state index contributed by atoms with van der Waals surface area (Å²) < 4.78 is 30.8. The van der Waals surface area contributed by atoms with Gasteiger partial charge in [-0.15, -0.1) is 0 Å². The first-order valence-electron chi connectivity index (χ1n) is 9.45. The summed E-state index contributed by atoms with van der Waals surface area (Å²) in [6, 6.07) is -1.43. The maximum atomic E-state index is 12.9. The second-order valence-corrected chi connectivity index (χ2v) is 6.88. The minimum Gasteiger partial charge on any atom is -0.465 e. The minimum atomic E-state index is -2.23. The summed E-state index contributed by atoms with van der Waals surface area (Å²) in [5.41, 5.74) is 0. The van der Waals surface area contributed by atoms with Crippen LogP contribution in [0.1, 0.15) is 34.1 Å². The molecule has 0 radical (unpaired) electrons. The van der Waals surface area contributed by atoms with Crippen LogP contribution in [-0.4, -0.2) is 86.5 Å². The molecule has 1 heterocycles. The highest BCUT2D eigenvalue weighted by Gasteiger charge is 2.57. The van der Waals surface area contributed by atoms with E-state index in [4.69, 9.17) is 23.7 Å². The van der Waals surface area contributed by atoms with E-state index in [0.29, 0.717) is 0 Å². The summed E-state index contributed by atoms with van der Waals surface area (Å²) >= 11 is 0. The standard InChI is InChI=1S/C19H27NO12/c1-9(21)20-15-13(25)7-19(28-6,18(26)27-5)32-17(15)16(31-12(4)24)14(30-11(3)23)8-29-10(2)22/h14-17H,7-8H2,1-6H3,(H,20,21)/t14-,15-,16-,17-,19+/m1/s1. The fourth-order valence-electron chi connectivity index (χ4n) is 3.12. The quantitative estimate of drug-likeness (QED) is 0.321. The molecule has 0 aromatic rings. The minimum absolute atomic E-state index is 0.577. The van der Waals surface area contributed by atoms with Gasteiger partial charge in [0.05, 0.1) is 13.5 Å². The molecule has 1 amide bonds. The summed E-state index contributed by atoms with van der Waals surface area (Å²) in [5, 5.41) is 2.37. The number of amides is 1. The molecule has 0 aliphatic carbocycles. The molecule has 1 aliphatic heterocycles. The van der Waals surface area contributed by atoms with Crippen molar-refractivity contribution in [3.05, 3.63) is 0 Å². The number of hydrogen-bond acceptors (Lipinski definition) is 12. The number of nitrogens with one attached hydrogen (secondary N) is 1. The smallest absolute Gasteiger partial charge is 0.367 e. The molecule has 1 N–H and O–H groups in total. The average molecular weight is 461 g/mol. The van der Waals surface area contributed by atoms with Gasteiger partial charge in [-0.3, -0.25) is 24.0 Å². The van der Waals surface area contributed by atoms with Crippen molar-refractivity contribution in [2.75, 3.05) is 20.8 Å². The highest BCUT2D eigenvalue weighted by Crippen LogP contribution is 2.33. The lowest BCUT2D eigenvalue weighted by molar-refractivity contribution is -0.284. The van der Waals surface area contributed by atoms with Crippen LogP contribution in [0.3, 0.4) is 0 Å². The summed E-state index contributed by atoms with van der Waals surface area (Å²) in [6.45, 7) is 3.74. The molecule has 0 saturated carbocycles. The molecule has 32 heavy (non-hydrogen) atoms. The van der Waals surface area contributed by atoms with E-state index in [2.05, 4.69) is 10.1 Å². The Hall–Kier alpha value is -3.06. The fraction of sp³-hybridized carbons (Fsp3) is 0.684. The molecule has 13 nitrogen and oxygen atoms in total. The van der Waals surface area contributed by atoms with Crippen LogP contribution in [0, 0.1) is 0 Å².